The van der Waals surface area contributed by atoms with Gasteiger partial charge in [0.05, 0.1) is 18.8 Å². The van der Waals surface area contributed by atoms with Crippen molar-refractivity contribution in [2.24, 2.45) is 17.8 Å². The van der Waals surface area contributed by atoms with E-state index >= 15 is 0 Å². The van der Waals surface area contributed by atoms with Crippen LogP contribution < -0.4 is 4.90 Å². The molecule has 28 heavy (non-hydrogen) atoms. The normalized spacial score (nSPS) is 27.9. The Labute approximate surface area is 175 Å². The summed E-state index contributed by atoms with van der Waals surface area (Å²) in [6.45, 7) is 11.9. The second kappa shape index (κ2) is 10.3. The first-order valence-electron chi connectivity index (χ1n) is 10.9. The van der Waals surface area contributed by atoms with Gasteiger partial charge in [0.25, 0.3) is 0 Å². The van der Waals surface area contributed by atoms with Gasteiger partial charge >= 0.3 is 0 Å². The molecule has 1 aromatic carbocycles. The topological polar surface area (TPSA) is 35.9 Å². The van der Waals surface area contributed by atoms with Crippen molar-refractivity contribution < 1.29 is 9.84 Å². The molecule has 1 N–H and O–H groups in total. The third-order valence-corrected chi connectivity index (χ3v) is 6.71. The molecule has 1 aliphatic heterocycles. The van der Waals surface area contributed by atoms with Gasteiger partial charge in [0, 0.05) is 43.4 Å². The number of hydrogen-bond acceptors (Lipinski definition) is 4. The number of hydrogen-bond donors (Lipinski definition) is 1. The highest BCUT2D eigenvalue weighted by atomic mass is 35.5. The van der Waals surface area contributed by atoms with E-state index in [-0.39, 0.29) is 0 Å². The van der Waals surface area contributed by atoms with E-state index in [1.807, 2.05) is 18.2 Å². The molecule has 2 aliphatic rings. The largest absolute Gasteiger partial charge is 0.389 e. The summed E-state index contributed by atoms with van der Waals surface area (Å²) >= 11 is 6.11. The van der Waals surface area contributed by atoms with Gasteiger partial charge in [0.1, 0.15) is 0 Å². The minimum Gasteiger partial charge on any atom is -0.389 e. The summed E-state index contributed by atoms with van der Waals surface area (Å²) in [5.74, 6) is 2.01. The molecule has 1 aromatic rings. The average Bonchev–Trinajstić information content (AvgIpc) is 2.67. The molecule has 5 heteroatoms. The molecule has 1 heterocycles. The molecule has 1 saturated carbocycles. The number of aliphatic hydroxyl groups excluding tert-OH is 1. The zero-order valence-electron chi connectivity index (χ0n) is 17.7. The third kappa shape index (κ3) is 6.09. The van der Waals surface area contributed by atoms with E-state index in [0.717, 1.165) is 43.5 Å². The number of ether oxygens (including phenoxy) is 1. The number of anilines is 1. The Hall–Kier alpha value is -0.810. The molecule has 1 saturated heterocycles. The number of β-amino-alcohol motifs (C(OH)–C–C–N with tert-alkyl or cyclic N) is 1. The van der Waals surface area contributed by atoms with Crippen molar-refractivity contribution in [3.05, 3.63) is 29.3 Å². The monoisotopic (exact) mass is 408 g/mol. The average molecular weight is 409 g/mol. The molecule has 0 amide bonds. The first kappa shape index (κ1) is 21.9. The van der Waals surface area contributed by atoms with Crippen LogP contribution in [0.1, 0.15) is 40.0 Å². The smallest absolute Gasteiger partial charge is 0.0900 e. The molecule has 0 bridgehead atoms. The highest BCUT2D eigenvalue weighted by molar-refractivity contribution is 6.30. The molecule has 4 atom stereocenters. The van der Waals surface area contributed by atoms with Gasteiger partial charge in [0.2, 0.25) is 0 Å². The fourth-order valence-electron chi connectivity index (χ4n) is 4.75. The number of piperazine rings is 1. The van der Waals surface area contributed by atoms with Gasteiger partial charge in [-0.3, -0.25) is 4.90 Å². The maximum Gasteiger partial charge on any atom is 0.0900 e. The van der Waals surface area contributed by atoms with Crippen LogP contribution in [0.3, 0.4) is 0 Å². The van der Waals surface area contributed by atoms with E-state index in [9.17, 15) is 5.11 Å². The number of rotatable bonds is 7. The Kier molecular flexibility index (Phi) is 8.04. The fourth-order valence-corrected chi connectivity index (χ4v) is 4.94. The van der Waals surface area contributed by atoms with Gasteiger partial charge in [-0.1, -0.05) is 44.9 Å². The van der Waals surface area contributed by atoms with Crippen LogP contribution in [0.4, 0.5) is 5.69 Å². The second-order valence-electron chi connectivity index (χ2n) is 9.12. The first-order valence-corrected chi connectivity index (χ1v) is 11.3. The maximum atomic E-state index is 10.5. The van der Waals surface area contributed by atoms with Crippen LogP contribution in [0.2, 0.25) is 5.02 Å². The van der Waals surface area contributed by atoms with Crippen LogP contribution in [0, 0.1) is 17.8 Å². The number of halogens is 1. The van der Waals surface area contributed by atoms with Crippen molar-refractivity contribution in [2.75, 3.05) is 44.2 Å². The minimum absolute atomic E-state index is 0.304. The molecule has 2 fully saturated rings. The summed E-state index contributed by atoms with van der Waals surface area (Å²) in [5.41, 5.74) is 1.18. The minimum atomic E-state index is -0.414. The number of benzene rings is 1. The quantitative estimate of drug-likeness (QED) is 0.729. The number of aliphatic hydroxyl groups is 1. The van der Waals surface area contributed by atoms with Gasteiger partial charge in [-0.05, 0) is 48.8 Å². The fraction of sp³-hybridized carbons (Fsp3) is 0.739. The van der Waals surface area contributed by atoms with E-state index < -0.39 is 6.10 Å². The van der Waals surface area contributed by atoms with Crippen molar-refractivity contribution in [1.82, 2.24) is 4.90 Å². The molecule has 4 nitrogen and oxygen atoms in total. The summed E-state index contributed by atoms with van der Waals surface area (Å²) in [6, 6.07) is 8.05. The van der Waals surface area contributed by atoms with Crippen LogP contribution in [-0.4, -0.2) is 61.5 Å². The van der Waals surface area contributed by atoms with Crippen molar-refractivity contribution in [3.63, 3.8) is 0 Å². The van der Waals surface area contributed by atoms with Gasteiger partial charge in [-0.2, -0.15) is 0 Å². The molecule has 0 spiro atoms. The van der Waals surface area contributed by atoms with Crippen molar-refractivity contribution in [3.8, 4) is 0 Å². The Morgan fingerprint density at radius 1 is 1.18 bits per heavy atom. The van der Waals surface area contributed by atoms with Gasteiger partial charge in [-0.15, -0.1) is 0 Å². The van der Waals surface area contributed by atoms with E-state index in [1.165, 1.54) is 18.5 Å². The molecular weight excluding hydrogens is 372 g/mol. The zero-order valence-corrected chi connectivity index (χ0v) is 18.4. The van der Waals surface area contributed by atoms with E-state index in [4.69, 9.17) is 16.3 Å². The lowest BCUT2D eigenvalue weighted by atomic mass is 9.75. The van der Waals surface area contributed by atoms with Gasteiger partial charge in [-0.25, -0.2) is 0 Å². The van der Waals surface area contributed by atoms with E-state index in [1.54, 1.807) is 0 Å². The van der Waals surface area contributed by atoms with E-state index in [2.05, 4.69) is 36.6 Å². The second-order valence-corrected chi connectivity index (χ2v) is 9.56. The van der Waals surface area contributed by atoms with Crippen LogP contribution >= 0.6 is 11.6 Å². The third-order valence-electron chi connectivity index (χ3n) is 6.48. The highest BCUT2D eigenvalue weighted by Crippen LogP contribution is 2.35. The molecule has 158 valence electrons. The molecular formula is C23H37ClN2O2. The molecule has 0 radical (unpaired) electrons. The molecule has 1 aliphatic carbocycles. The van der Waals surface area contributed by atoms with Crippen LogP contribution in [0.5, 0.6) is 0 Å². The lowest BCUT2D eigenvalue weighted by Gasteiger charge is -2.39. The predicted molar refractivity (Wildman–Crippen MR) is 117 cm³/mol. The Balaban J connectivity index is 1.41. The summed E-state index contributed by atoms with van der Waals surface area (Å²) in [6.07, 6.45) is 3.59. The summed E-state index contributed by atoms with van der Waals surface area (Å²) in [4.78, 5) is 4.71. The maximum absolute atomic E-state index is 10.5. The highest BCUT2D eigenvalue weighted by Gasteiger charge is 2.32. The Morgan fingerprint density at radius 3 is 2.61 bits per heavy atom. The predicted octanol–water partition coefficient (Wildman–Crippen LogP) is 4.30. The zero-order chi connectivity index (χ0) is 20.1. The van der Waals surface area contributed by atoms with Crippen LogP contribution in [0.25, 0.3) is 0 Å². The van der Waals surface area contributed by atoms with Crippen LogP contribution in [-0.2, 0) is 4.74 Å². The van der Waals surface area contributed by atoms with E-state index in [0.29, 0.717) is 31.1 Å². The van der Waals surface area contributed by atoms with Gasteiger partial charge in [0.15, 0.2) is 0 Å². The van der Waals surface area contributed by atoms with Crippen LogP contribution in [0.15, 0.2) is 24.3 Å². The summed E-state index contributed by atoms with van der Waals surface area (Å²) in [7, 11) is 0. The van der Waals surface area contributed by atoms with Crippen molar-refractivity contribution >= 4 is 17.3 Å². The molecule has 0 aromatic heterocycles. The van der Waals surface area contributed by atoms with Crippen molar-refractivity contribution in [1.29, 1.82) is 0 Å². The molecule has 3 rings (SSSR count). The Bertz CT molecular complexity index is 604. The van der Waals surface area contributed by atoms with Crippen molar-refractivity contribution in [2.45, 2.75) is 52.2 Å². The SMILES string of the molecule is CC1CCC(C(C)C)C(OCC(O)CN2CCN(c3cccc(Cl)c3)CC2)C1. The van der Waals surface area contributed by atoms with Gasteiger partial charge < -0.3 is 14.7 Å². The lowest BCUT2D eigenvalue weighted by Crippen LogP contribution is -2.49. The first-order chi connectivity index (χ1) is 13.4. The summed E-state index contributed by atoms with van der Waals surface area (Å²) in [5, 5.41) is 11.3. The molecule has 4 unspecified atom stereocenters. The lowest BCUT2D eigenvalue weighted by molar-refractivity contribution is -0.0740. The standard InChI is InChI=1S/C23H37ClN2O2/c1-17(2)22-8-7-18(3)13-23(22)28-16-21(27)15-25-9-11-26(12-10-25)20-6-4-5-19(24)14-20/h4-6,14,17-18,21-23,27H,7-13,15-16H2,1-3H3. The summed E-state index contributed by atoms with van der Waals surface area (Å²) < 4.78 is 6.23. The Morgan fingerprint density at radius 2 is 1.93 bits per heavy atom. The number of nitrogens with zero attached hydrogens (tertiary/aromatic N) is 2.